The van der Waals surface area contributed by atoms with Crippen LogP contribution in [0.15, 0.2) is 11.8 Å². The molecule has 0 aromatic heterocycles. The van der Waals surface area contributed by atoms with Gasteiger partial charge in [-0.2, -0.15) is 0 Å². The molecule has 1 atom stereocenters. The Kier molecular flexibility index (Phi) is 4.20. The van der Waals surface area contributed by atoms with Gasteiger partial charge in [-0.25, -0.2) is 0 Å². The summed E-state index contributed by atoms with van der Waals surface area (Å²) in [5.74, 6) is 0. The molecule has 0 amide bonds. The van der Waals surface area contributed by atoms with Gasteiger partial charge < -0.3 is 9.16 Å². The van der Waals surface area contributed by atoms with Gasteiger partial charge in [0, 0.05) is 0 Å². The zero-order chi connectivity index (χ0) is 10.6. The van der Waals surface area contributed by atoms with E-state index < -0.39 is 8.32 Å². The van der Waals surface area contributed by atoms with E-state index in [-0.39, 0.29) is 0 Å². The quantitative estimate of drug-likeness (QED) is 0.530. The summed E-state index contributed by atoms with van der Waals surface area (Å²) in [6, 6.07) is 0. The molecule has 82 valence electrons. The van der Waals surface area contributed by atoms with Gasteiger partial charge in [-0.15, -0.1) is 0 Å². The average Bonchev–Trinajstić information content (AvgIpc) is 2.14. The number of hydrogen-bond donors (Lipinski definition) is 0. The Morgan fingerprint density at radius 3 is 2.79 bits per heavy atom. The second-order valence-corrected chi connectivity index (χ2v) is 9.32. The van der Waals surface area contributed by atoms with E-state index in [1.807, 2.05) is 6.26 Å². The summed E-state index contributed by atoms with van der Waals surface area (Å²) in [6.45, 7) is 9.66. The fourth-order valence-corrected chi connectivity index (χ4v) is 1.96. The Balaban J connectivity index is 2.43. The van der Waals surface area contributed by atoms with Gasteiger partial charge in [0.15, 0.2) is 0 Å². The van der Waals surface area contributed by atoms with Crippen molar-refractivity contribution in [2.24, 2.45) is 0 Å². The van der Waals surface area contributed by atoms with Crippen molar-refractivity contribution < 1.29 is 9.16 Å². The standard InChI is InChI=1S/C11H22O2Si/c1-5-11-8-10(6-7-12-11)9-13-14(2,3)4/h9,11H,5-8H2,1-4H3/b10-9-. The molecule has 0 bridgehead atoms. The summed E-state index contributed by atoms with van der Waals surface area (Å²) in [5, 5.41) is 0. The van der Waals surface area contributed by atoms with Gasteiger partial charge in [0.2, 0.25) is 8.32 Å². The van der Waals surface area contributed by atoms with Crippen molar-refractivity contribution in [2.75, 3.05) is 6.61 Å². The molecule has 3 heteroatoms. The van der Waals surface area contributed by atoms with E-state index >= 15 is 0 Å². The molecule has 0 aromatic rings. The van der Waals surface area contributed by atoms with E-state index in [4.69, 9.17) is 9.16 Å². The lowest BCUT2D eigenvalue weighted by atomic mass is 10.0. The fourth-order valence-electron chi connectivity index (χ4n) is 1.44. The van der Waals surface area contributed by atoms with Gasteiger partial charge in [-0.1, -0.05) is 6.92 Å². The Bertz CT molecular complexity index is 206. The number of ether oxygens (including phenoxy) is 1. The average molecular weight is 214 g/mol. The number of rotatable bonds is 3. The Hall–Kier alpha value is -0.283. The highest BCUT2D eigenvalue weighted by atomic mass is 28.4. The maximum absolute atomic E-state index is 5.78. The second kappa shape index (κ2) is 4.98. The van der Waals surface area contributed by atoms with Crippen LogP contribution in [0, 0.1) is 0 Å². The van der Waals surface area contributed by atoms with Crippen molar-refractivity contribution in [2.45, 2.75) is 51.9 Å². The summed E-state index contributed by atoms with van der Waals surface area (Å²) < 4.78 is 11.4. The summed E-state index contributed by atoms with van der Waals surface area (Å²) in [7, 11) is -1.39. The third-order valence-corrected chi connectivity index (χ3v) is 3.13. The molecular formula is C11H22O2Si. The molecule has 0 aromatic carbocycles. The monoisotopic (exact) mass is 214 g/mol. The molecular weight excluding hydrogens is 192 g/mol. The van der Waals surface area contributed by atoms with Crippen LogP contribution in [0.5, 0.6) is 0 Å². The Morgan fingerprint density at radius 1 is 1.50 bits per heavy atom. The number of hydrogen-bond acceptors (Lipinski definition) is 2. The molecule has 1 fully saturated rings. The predicted molar refractivity (Wildman–Crippen MR) is 61.8 cm³/mol. The van der Waals surface area contributed by atoms with Gasteiger partial charge in [-0.3, -0.25) is 0 Å². The van der Waals surface area contributed by atoms with Crippen molar-refractivity contribution in [3.8, 4) is 0 Å². The maximum atomic E-state index is 5.78. The topological polar surface area (TPSA) is 18.5 Å². The minimum atomic E-state index is -1.39. The van der Waals surface area contributed by atoms with Crippen LogP contribution in [-0.2, 0) is 9.16 Å². The first-order valence-corrected chi connectivity index (χ1v) is 8.89. The third-order valence-electron chi connectivity index (χ3n) is 2.30. The minimum Gasteiger partial charge on any atom is -0.550 e. The molecule has 0 radical (unpaired) electrons. The summed E-state index contributed by atoms with van der Waals surface area (Å²) in [6.07, 6.45) is 5.61. The van der Waals surface area contributed by atoms with Crippen molar-refractivity contribution in [1.29, 1.82) is 0 Å². The van der Waals surface area contributed by atoms with Crippen LogP contribution in [-0.4, -0.2) is 21.0 Å². The van der Waals surface area contributed by atoms with Crippen molar-refractivity contribution in [3.63, 3.8) is 0 Å². The minimum absolute atomic E-state index is 0.417. The van der Waals surface area contributed by atoms with E-state index in [1.54, 1.807) is 0 Å². The van der Waals surface area contributed by atoms with E-state index in [2.05, 4.69) is 26.6 Å². The van der Waals surface area contributed by atoms with E-state index in [0.717, 1.165) is 25.9 Å². The van der Waals surface area contributed by atoms with Gasteiger partial charge in [0.05, 0.1) is 19.0 Å². The smallest absolute Gasteiger partial charge is 0.241 e. The molecule has 0 saturated carbocycles. The Labute approximate surface area is 88.4 Å². The molecule has 1 saturated heterocycles. The second-order valence-electron chi connectivity index (χ2n) is 4.86. The lowest BCUT2D eigenvalue weighted by molar-refractivity contribution is 0.0328. The normalized spacial score (nSPS) is 26.6. The first kappa shape index (κ1) is 11.8. The summed E-state index contributed by atoms with van der Waals surface area (Å²) in [4.78, 5) is 0. The van der Waals surface area contributed by atoms with Crippen LogP contribution < -0.4 is 0 Å². The van der Waals surface area contributed by atoms with Crippen molar-refractivity contribution >= 4 is 8.32 Å². The highest BCUT2D eigenvalue weighted by Gasteiger charge is 2.18. The highest BCUT2D eigenvalue weighted by molar-refractivity contribution is 6.69. The van der Waals surface area contributed by atoms with Crippen molar-refractivity contribution in [3.05, 3.63) is 11.8 Å². The van der Waals surface area contributed by atoms with Crippen LogP contribution >= 0.6 is 0 Å². The molecule has 1 heterocycles. The molecule has 1 rings (SSSR count). The molecule has 1 aliphatic heterocycles. The molecule has 0 spiro atoms. The van der Waals surface area contributed by atoms with Gasteiger partial charge >= 0.3 is 0 Å². The van der Waals surface area contributed by atoms with Crippen LogP contribution in [0.1, 0.15) is 26.2 Å². The summed E-state index contributed by atoms with van der Waals surface area (Å²) in [5.41, 5.74) is 1.42. The fraction of sp³-hybridized carbons (Fsp3) is 0.818. The first-order chi connectivity index (χ1) is 6.51. The maximum Gasteiger partial charge on any atom is 0.241 e. The van der Waals surface area contributed by atoms with Gasteiger partial charge in [0.1, 0.15) is 0 Å². The zero-order valence-corrected chi connectivity index (χ0v) is 10.8. The van der Waals surface area contributed by atoms with E-state index in [1.165, 1.54) is 5.57 Å². The zero-order valence-electron chi connectivity index (χ0n) is 9.80. The summed E-state index contributed by atoms with van der Waals surface area (Å²) >= 11 is 0. The van der Waals surface area contributed by atoms with Gasteiger partial charge in [-0.05, 0) is 44.5 Å². The van der Waals surface area contributed by atoms with Crippen LogP contribution in [0.25, 0.3) is 0 Å². The highest BCUT2D eigenvalue weighted by Crippen LogP contribution is 2.22. The molecule has 0 N–H and O–H groups in total. The predicted octanol–water partition coefficient (Wildman–Crippen LogP) is 3.31. The molecule has 0 aliphatic carbocycles. The molecule has 14 heavy (non-hydrogen) atoms. The lowest BCUT2D eigenvalue weighted by Crippen LogP contribution is -2.24. The van der Waals surface area contributed by atoms with Crippen LogP contribution in [0.4, 0.5) is 0 Å². The van der Waals surface area contributed by atoms with E-state index in [0.29, 0.717) is 6.10 Å². The largest absolute Gasteiger partial charge is 0.550 e. The Morgan fingerprint density at radius 2 is 2.21 bits per heavy atom. The molecule has 1 unspecified atom stereocenters. The van der Waals surface area contributed by atoms with E-state index in [9.17, 15) is 0 Å². The molecule has 2 nitrogen and oxygen atoms in total. The third kappa shape index (κ3) is 4.29. The van der Waals surface area contributed by atoms with Crippen LogP contribution in [0.2, 0.25) is 19.6 Å². The lowest BCUT2D eigenvalue weighted by Gasteiger charge is -2.25. The van der Waals surface area contributed by atoms with Gasteiger partial charge in [0.25, 0.3) is 0 Å². The van der Waals surface area contributed by atoms with Crippen LogP contribution in [0.3, 0.4) is 0 Å². The SMILES string of the molecule is CCC1C/C(=C\O[Si](C)(C)C)CCO1. The first-order valence-electron chi connectivity index (χ1n) is 5.48. The van der Waals surface area contributed by atoms with Crippen molar-refractivity contribution in [1.82, 2.24) is 0 Å². The molecule has 1 aliphatic rings.